The molecule has 0 aromatic heterocycles. The van der Waals surface area contributed by atoms with Gasteiger partial charge in [-0.3, -0.25) is 14.4 Å². The lowest BCUT2D eigenvalue weighted by Crippen LogP contribution is -2.48. The average molecular weight is 358 g/mol. The van der Waals surface area contributed by atoms with Crippen molar-refractivity contribution >= 4 is 17.8 Å². The lowest BCUT2D eigenvalue weighted by molar-refractivity contribution is -0.140. The highest BCUT2D eigenvalue weighted by Gasteiger charge is 2.23. The van der Waals surface area contributed by atoms with E-state index in [2.05, 4.69) is 17.6 Å². The zero-order valence-corrected chi connectivity index (χ0v) is 15.4. The van der Waals surface area contributed by atoms with E-state index in [1.807, 2.05) is 0 Å². The number of aliphatic hydroxyl groups excluding tert-OH is 1. The van der Waals surface area contributed by atoms with Gasteiger partial charge in [0.1, 0.15) is 6.04 Å². The van der Waals surface area contributed by atoms with E-state index < -0.39 is 30.2 Å². The third-order valence-electron chi connectivity index (χ3n) is 3.92. The third-order valence-corrected chi connectivity index (χ3v) is 3.92. The van der Waals surface area contributed by atoms with Crippen molar-refractivity contribution in [1.29, 1.82) is 0 Å². The van der Waals surface area contributed by atoms with Crippen molar-refractivity contribution in [2.45, 2.75) is 83.6 Å². The Balaban J connectivity index is 3.97. The number of carbonyl (C=O) groups is 3. The van der Waals surface area contributed by atoms with Gasteiger partial charge in [-0.2, -0.15) is 0 Å². The summed E-state index contributed by atoms with van der Waals surface area (Å²) in [6.45, 7) is 2.55. The Kier molecular flexibility index (Phi) is 14.8. The Morgan fingerprint density at radius 3 is 2.08 bits per heavy atom. The smallest absolute Gasteiger partial charge is 0.305 e. The lowest BCUT2D eigenvalue weighted by Gasteiger charge is -2.16. The second kappa shape index (κ2) is 15.9. The van der Waals surface area contributed by atoms with Crippen LogP contribution in [0.25, 0.3) is 0 Å². The number of nitrogens with one attached hydrogen (secondary N) is 2. The molecule has 25 heavy (non-hydrogen) atoms. The molecule has 0 heterocycles. The van der Waals surface area contributed by atoms with Crippen LogP contribution in [0.15, 0.2) is 0 Å². The fourth-order valence-corrected chi connectivity index (χ4v) is 2.48. The zero-order chi connectivity index (χ0) is 18.9. The number of aliphatic hydroxyl groups is 1. The van der Waals surface area contributed by atoms with Gasteiger partial charge in [-0.25, -0.2) is 0 Å². The van der Waals surface area contributed by atoms with Gasteiger partial charge >= 0.3 is 5.97 Å². The van der Waals surface area contributed by atoms with Gasteiger partial charge in [0, 0.05) is 19.6 Å². The van der Waals surface area contributed by atoms with Crippen molar-refractivity contribution in [2.24, 2.45) is 0 Å². The fourth-order valence-electron chi connectivity index (χ4n) is 2.48. The molecule has 0 aliphatic carbocycles. The molecular weight excluding hydrogens is 324 g/mol. The Bertz CT molecular complexity index is 388. The number of amides is 2. The summed E-state index contributed by atoms with van der Waals surface area (Å²) in [7, 11) is 0. The summed E-state index contributed by atoms with van der Waals surface area (Å²) in [5.74, 6) is -2.04. The van der Waals surface area contributed by atoms with Gasteiger partial charge in [0.25, 0.3) is 0 Å². The number of rotatable bonds is 16. The van der Waals surface area contributed by atoms with E-state index in [9.17, 15) is 14.4 Å². The van der Waals surface area contributed by atoms with Gasteiger partial charge in [0.05, 0.1) is 6.42 Å². The van der Waals surface area contributed by atoms with Crippen LogP contribution in [-0.2, 0) is 14.4 Å². The number of carbonyl (C=O) groups excluding carboxylic acids is 2. The highest BCUT2D eigenvalue weighted by Crippen LogP contribution is 2.08. The van der Waals surface area contributed by atoms with Crippen LogP contribution in [0.2, 0.25) is 0 Å². The summed E-state index contributed by atoms with van der Waals surface area (Å²) in [5, 5.41) is 22.7. The van der Waals surface area contributed by atoms with E-state index in [0.29, 0.717) is 6.54 Å². The van der Waals surface area contributed by atoms with Crippen LogP contribution in [0.1, 0.15) is 77.6 Å². The normalized spacial score (nSPS) is 11.8. The van der Waals surface area contributed by atoms with Crippen molar-refractivity contribution in [3.8, 4) is 0 Å². The van der Waals surface area contributed by atoms with Gasteiger partial charge in [0.2, 0.25) is 11.8 Å². The van der Waals surface area contributed by atoms with E-state index in [0.717, 1.165) is 19.3 Å². The van der Waals surface area contributed by atoms with Crippen LogP contribution in [0.3, 0.4) is 0 Å². The molecule has 0 spiro atoms. The SMILES string of the molecule is CCCCCCCCCCNC(=O)C(CC(=O)O)NC(=O)CCCO. The minimum absolute atomic E-state index is 0.0674. The fraction of sp³-hybridized carbons (Fsp3) is 0.833. The quantitative estimate of drug-likeness (QED) is 0.315. The molecule has 0 saturated carbocycles. The molecule has 0 fully saturated rings. The van der Waals surface area contributed by atoms with E-state index >= 15 is 0 Å². The molecule has 7 nitrogen and oxygen atoms in total. The molecule has 0 aromatic carbocycles. The van der Waals surface area contributed by atoms with Crippen molar-refractivity contribution in [3.63, 3.8) is 0 Å². The molecular formula is C18H34N2O5. The first kappa shape index (κ1) is 23.4. The van der Waals surface area contributed by atoms with E-state index in [1.165, 1.54) is 32.1 Å². The minimum Gasteiger partial charge on any atom is -0.481 e. The summed E-state index contributed by atoms with van der Waals surface area (Å²) >= 11 is 0. The molecule has 0 aromatic rings. The Hall–Kier alpha value is -1.63. The van der Waals surface area contributed by atoms with Crippen LogP contribution >= 0.6 is 0 Å². The molecule has 0 rings (SSSR count). The van der Waals surface area contributed by atoms with E-state index in [4.69, 9.17) is 10.2 Å². The van der Waals surface area contributed by atoms with Gasteiger partial charge in [0.15, 0.2) is 0 Å². The summed E-state index contributed by atoms with van der Waals surface area (Å²) in [6.07, 6.45) is 9.16. The number of carboxylic acid groups (broad SMARTS) is 1. The monoisotopic (exact) mass is 358 g/mol. The number of unbranched alkanes of at least 4 members (excludes halogenated alkanes) is 7. The van der Waals surface area contributed by atoms with Gasteiger partial charge in [-0.05, 0) is 12.8 Å². The van der Waals surface area contributed by atoms with Crippen LogP contribution in [0, 0.1) is 0 Å². The molecule has 146 valence electrons. The number of aliphatic carboxylic acids is 1. The highest BCUT2D eigenvalue weighted by molar-refractivity contribution is 5.90. The second-order valence-electron chi connectivity index (χ2n) is 6.31. The summed E-state index contributed by atoms with van der Waals surface area (Å²) in [5.41, 5.74) is 0. The molecule has 0 radical (unpaired) electrons. The molecule has 0 aliphatic heterocycles. The number of hydrogen-bond donors (Lipinski definition) is 4. The van der Waals surface area contributed by atoms with Gasteiger partial charge in [-0.1, -0.05) is 51.9 Å². The third kappa shape index (κ3) is 14.4. The Labute approximate surface area is 150 Å². The second-order valence-corrected chi connectivity index (χ2v) is 6.31. The molecule has 4 N–H and O–H groups in total. The van der Waals surface area contributed by atoms with Crippen LogP contribution in [-0.4, -0.2) is 47.2 Å². The maximum atomic E-state index is 12.1. The van der Waals surface area contributed by atoms with E-state index in [-0.39, 0.29) is 19.4 Å². The predicted molar refractivity (Wildman–Crippen MR) is 96.1 cm³/mol. The largest absolute Gasteiger partial charge is 0.481 e. The summed E-state index contributed by atoms with van der Waals surface area (Å²) in [4.78, 5) is 34.5. The highest BCUT2D eigenvalue weighted by atomic mass is 16.4. The molecule has 1 unspecified atom stereocenters. The standard InChI is InChI=1S/C18H34N2O5/c1-2-3-4-5-6-7-8-9-12-19-18(25)15(14-17(23)24)20-16(22)11-10-13-21/h15,21H,2-14H2,1H3,(H,19,25)(H,20,22)(H,23,24). The topological polar surface area (TPSA) is 116 Å². The van der Waals surface area contributed by atoms with Crippen LogP contribution < -0.4 is 10.6 Å². The predicted octanol–water partition coefficient (Wildman–Crippen LogP) is 1.98. The van der Waals surface area contributed by atoms with Crippen LogP contribution in [0.4, 0.5) is 0 Å². The molecule has 2 amide bonds. The first-order valence-electron chi connectivity index (χ1n) is 9.41. The first-order chi connectivity index (χ1) is 12.0. The molecule has 0 bridgehead atoms. The molecule has 0 aliphatic rings. The van der Waals surface area contributed by atoms with Crippen molar-refractivity contribution in [2.75, 3.05) is 13.2 Å². The van der Waals surface area contributed by atoms with E-state index in [1.54, 1.807) is 0 Å². The Morgan fingerprint density at radius 2 is 1.52 bits per heavy atom. The minimum atomic E-state index is -1.14. The average Bonchev–Trinajstić information content (AvgIpc) is 2.57. The number of hydrogen-bond acceptors (Lipinski definition) is 4. The maximum Gasteiger partial charge on any atom is 0.305 e. The molecule has 1 atom stereocenters. The van der Waals surface area contributed by atoms with Crippen LogP contribution in [0.5, 0.6) is 0 Å². The van der Waals surface area contributed by atoms with Crippen molar-refractivity contribution < 1.29 is 24.6 Å². The summed E-state index contributed by atoms with van der Waals surface area (Å²) < 4.78 is 0. The summed E-state index contributed by atoms with van der Waals surface area (Å²) in [6, 6.07) is -1.07. The van der Waals surface area contributed by atoms with Gasteiger partial charge < -0.3 is 20.8 Å². The molecule has 7 heteroatoms. The lowest BCUT2D eigenvalue weighted by atomic mass is 10.1. The Morgan fingerprint density at radius 1 is 0.920 bits per heavy atom. The first-order valence-corrected chi connectivity index (χ1v) is 9.41. The van der Waals surface area contributed by atoms with Crippen molar-refractivity contribution in [1.82, 2.24) is 10.6 Å². The number of carboxylic acids is 1. The van der Waals surface area contributed by atoms with Crippen molar-refractivity contribution in [3.05, 3.63) is 0 Å². The maximum absolute atomic E-state index is 12.1. The zero-order valence-electron chi connectivity index (χ0n) is 15.4. The van der Waals surface area contributed by atoms with Gasteiger partial charge in [-0.15, -0.1) is 0 Å². The molecule has 0 saturated heterocycles.